The van der Waals surface area contributed by atoms with Gasteiger partial charge in [-0.05, 0) is 47.1 Å². The van der Waals surface area contributed by atoms with E-state index in [1.807, 2.05) is 80.6 Å². The van der Waals surface area contributed by atoms with E-state index in [4.69, 9.17) is 4.74 Å². The van der Waals surface area contributed by atoms with Crippen LogP contribution in [0.4, 0.5) is 0 Å². The number of aliphatic hydroxyl groups is 1. The number of hydrogen-bond acceptors (Lipinski definition) is 8. The number of carbonyl (C=O) groups excluding carboxylic acids is 2. The molecular weight excluding hydrogens is 506 g/mol. The molecule has 1 saturated heterocycles. The molecular formula is C31H39N5O4. The summed E-state index contributed by atoms with van der Waals surface area (Å²) in [5, 5.41) is 9.80. The molecule has 1 aliphatic rings. The molecule has 0 radical (unpaired) electrons. The van der Waals surface area contributed by atoms with E-state index in [9.17, 15) is 14.7 Å². The quantitative estimate of drug-likeness (QED) is 0.219. The van der Waals surface area contributed by atoms with E-state index in [-0.39, 0.29) is 37.6 Å². The van der Waals surface area contributed by atoms with Crippen LogP contribution in [0.3, 0.4) is 0 Å². The Morgan fingerprint density at radius 1 is 0.875 bits per heavy atom. The molecule has 1 amide bonds. The standard InChI is InChI=1S/C31H39N5O4/c1-21(2)29(31(39)40-20-24-9-5-4-6-10-24)36(28(38)18-13-22(3)37)19-23-14-16-25(17-15-23)26-11-7-8-12-27(26)30-32-34-35-33-30/h4-12,14-17,21-22,29-30,32-35,37H,13,18-20H2,1-3H3. The molecule has 212 valence electrons. The van der Waals surface area contributed by atoms with E-state index < -0.39 is 18.1 Å². The second-order valence-electron chi connectivity index (χ2n) is 10.4. The lowest BCUT2D eigenvalue weighted by molar-refractivity contribution is -0.159. The number of esters is 1. The number of hydrazine groups is 3. The molecule has 4 rings (SSSR count). The molecule has 40 heavy (non-hydrogen) atoms. The summed E-state index contributed by atoms with van der Waals surface area (Å²) in [7, 11) is 0. The van der Waals surface area contributed by atoms with Gasteiger partial charge in [-0.3, -0.25) is 4.79 Å². The summed E-state index contributed by atoms with van der Waals surface area (Å²) in [6, 6.07) is 24.9. The Kier molecular flexibility index (Phi) is 10.4. The molecule has 0 aliphatic carbocycles. The molecule has 1 fully saturated rings. The monoisotopic (exact) mass is 545 g/mol. The van der Waals surface area contributed by atoms with Crippen LogP contribution in [0.5, 0.6) is 0 Å². The van der Waals surface area contributed by atoms with Crippen LogP contribution in [0.15, 0.2) is 78.9 Å². The number of rotatable bonds is 12. The van der Waals surface area contributed by atoms with Crippen molar-refractivity contribution in [2.75, 3.05) is 0 Å². The van der Waals surface area contributed by atoms with Gasteiger partial charge in [0.05, 0.1) is 6.10 Å². The fourth-order valence-electron chi connectivity index (χ4n) is 4.80. The molecule has 5 N–H and O–H groups in total. The van der Waals surface area contributed by atoms with Crippen LogP contribution in [-0.2, 0) is 27.5 Å². The first-order valence-electron chi connectivity index (χ1n) is 13.7. The van der Waals surface area contributed by atoms with Crippen molar-refractivity contribution in [3.05, 3.63) is 95.6 Å². The second-order valence-corrected chi connectivity index (χ2v) is 10.4. The highest BCUT2D eigenvalue weighted by atomic mass is 16.5. The Morgan fingerprint density at radius 2 is 1.52 bits per heavy atom. The molecule has 0 bridgehead atoms. The molecule has 0 saturated carbocycles. The number of aliphatic hydroxyl groups excluding tert-OH is 1. The van der Waals surface area contributed by atoms with Crippen LogP contribution in [0.1, 0.15) is 56.5 Å². The van der Waals surface area contributed by atoms with Crippen LogP contribution in [0, 0.1) is 5.92 Å². The molecule has 0 aromatic heterocycles. The summed E-state index contributed by atoms with van der Waals surface area (Å²) in [6.45, 7) is 5.88. The van der Waals surface area contributed by atoms with Crippen molar-refractivity contribution in [3.8, 4) is 11.1 Å². The molecule has 0 spiro atoms. The summed E-state index contributed by atoms with van der Waals surface area (Å²) in [5.41, 5.74) is 16.9. The van der Waals surface area contributed by atoms with Gasteiger partial charge in [0.1, 0.15) is 18.8 Å². The van der Waals surface area contributed by atoms with Crippen LogP contribution in [0.2, 0.25) is 0 Å². The summed E-state index contributed by atoms with van der Waals surface area (Å²) in [5.74, 6) is -0.795. The predicted octanol–water partition coefficient (Wildman–Crippen LogP) is 3.73. The van der Waals surface area contributed by atoms with Gasteiger partial charge in [-0.15, -0.1) is 0 Å². The van der Waals surface area contributed by atoms with E-state index in [0.717, 1.165) is 27.8 Å². The zero-order valence-corrected chi connectivity index (χ0v) is 23.3. The van der Waals surface area contributed by atoms with Crippen molar-refractivity contribution in [2.45, 2.75) is 65.1 Å². The lowest BCUT2D eigenvalue weighted by Crippen LogP contribution is -2.48. The van der Waals surface area contributed by atoms with Gasteiger partial charge in [-0.25, -0.2) is 15.6 Å². The van der Waals surface area contributed by atoms with Crippen LogP contribution in [0.25, 0.3) is 11.1 Å². The fraction of sp³-hybridized carbons (Fsp3) is 0.355. The molecule has 1 heterocycles. The van der Waals surface area contributed by atoms with Crippen LogP contribution >= 0.6 is 0 Å². The molecule has 2 unspecified atom stereocenters. The van der Waals surface area contributed by atoms with Crippen molar-refractivity contribution in [3.63, 3.8) is 0 Å². The first-order valence-corrected chi connectivity index (χ1v) is 13.7. The third-order valence-electron chi connectivity index (χ3n) is 6.91. The van der Waals surface area contributed by atoms with E-state index in [2.05, 4.69) is 34.1 Å². The maximum absolute atomic E-state index is 13.4. The second kappa shape index (κ2) is 14.2. The molecule has 2 atom stereocenters. The van der Waals surface area contributed by atoms with Crippen molar-refractivity contribution in [1.82, 2.24) is 26.8 Å². The van der Waals surface area contributed by atoms with Crippen LogP contribution < -0.4 is 21.9 Å². The minimum atomic E-state index is -0.759. The first-order chi connectivity index (χ1) is 19.3. The number of hydrogen-bond donors (Lipinski definition) is 5. The Bertz CT molecular complexity index is 1240. The van der Waals surface area contributed by atoms with E-state index in [1.165, 1.54) is 0 Å². The average Bonchev–Trinajstić information content (AvgIpc) is 3.50. The summed E-state index contributed by atoms with van der Waals surface area (Å²) in [4.78, 5) is 28.4. The maximum atomic E-state index is 13.4. The zero-order valence-electron chi connectivity index (χ0n) is 23.3. The number of nitrogens with one attached hydrogen (secondary N) is 4. The molecule has 9 heteroatoms. The average molecular weight is 546 g/mol. The zero-order chi connectivity index (χ0) is 28.5. The van der Waals surface area contributed by atoms with Gasteiger partial charge >= 0.3 is 5.97 Å². The third kappa shape index (κ3) is 7.74. The molecule has 1 aliphatic heterocycles. The molecule has 3 aromatic rings. The van der Waals surface area contributed by atoms with Crippen LogP contribution in [-0.4, -0.2) is 34.0 Å². The van der Waals surface area contributed by atoms with E-state index in [0.29, 0.717) is 6.42 Å². The van der Waals surface area contributed by atoms with E-state index >= 15 is 0 Å². The number of nitrogens with zero attached hydrogens (tertiary/aromatic N) is 1. The van der Waals surface area contributed by atoms with Gasteiger partial charge in [0, 0.05) is 13.0 Å². The number of amides is 1. The third-order valence-corrected chi connectivity index (χ3v) is 6.91. The molecule has 9 nitrogen and oxygen atoms in total. The lowest BCUT2D eigenvalue weighted by atomic mass is 9.96. The number of carbonyl (C=O) groups is 2. The van der Waals surface area contributed by atoms with Gasteiger partial charge in [0.15, 0.2) is 0 Å². The summed E-state index contributed by atoms with van der Waals surface area (Å²) < 4.78 is 5.68. The lowest BCUT2D eigenvalue weighted by Gasteiger charge is -2.33. The predicted molar refractivity (Wildman–Crippen MR) is 153 cm³/mol. The topological polar surface area (TPSA) is 115 Å². The van der Waals surface area contributed by atoms with Gasteiger partial charge in [-0.2, -0.15) is 11.1 Å². The highest BCUT2D eigenvalue weighted by Gasteiger charge is 2.34. The number of ether oxygens (including phenoxy) is 1. The Morgan fingerprint density at radius 3 is 2.17 bits per heavy atom. The fourth-order valence-corrected chi connectivity index (χ4v) is 4.80. The van der Waals surface area contributed by atoms with E-state index in [1.54, 1.807) is 11.8 Å². The summed E-state index contributed by atoms with van der Waals surface area (Å²) >= 11 is 0. The van der Waals surface area contributed by atoms with Crippen molar-refractivity contribution in [1.29, 1.82) is 0 Å². The Hall–Kier alpha value is -3.60. The van der Waals surface area contributed by atoms with Crippen molar-refractivity contribution < 1.29 is 19.4 Å². The van der Waals surface area contributed by atoms with Gasteiger partial charge in [0.2, 0.25) is 5.91 Å². The minimum absolute atomic E-state index is 0.105. The van der Waals surface area contributed by atoms with Crippen molar-refractivity contribution in [2.24, 2.45) is 5.92 Å². The summed E-state index contributed by atoms with van der Waals surface area (Å²) in [6.07, 6.45) is -0.252. The van der Waals surface area contributed by atoms with Gasteiger partial charge in [-0.1, -0.05) is 92.7 Å². The first kappa shape index (κ1) is 29.4. The minimum Gasteiger partial charge on any atom is -0.459 e. The van der Waals surface area contributed by atoms with Crippen molar-refractivity contribution >= 4 is 11.9 Å². The molecule has 3 aromatic carbocycles. The highest BCUT2D eigenvalue weighted by molar-refractivity contribution is 5.85. The normalized spacial score (nSPS) is 15.1. The highest BCUT2D eigenvalue weighted by Crippen LogP contribution is 2.28. The smallest absolute Gasteiger partial charge is 0.329 e. The Balaban J connectivity index is 1.55. The SMILES string of the molecule is CC(O)CCC(=O)N(Cc1ccc(-c2ccccc2C2NNNN2)cc1)C(C(=O)OCc1ccccc1)C(C)C. The maximum Gasteiger partial charge on any atom is 0.329 e. The van der Waals surface area contributed by atoms with Gasteiger partial charge in [0.25, 0.3) is 0 Å². The Labute approximate surface area is 235 Å². The number of benzene rings is 3. The largest absolute Gasteiger partial charge is 0.459 e. The van der Waals surface area contributed by atoms with Gasteiger partial charge < -0.3 is 14.7 Å².